The molecular formula is C17H16Cl2FNOS. The standard InChI is InChI=1S/C17H16Cl2FNOS/c18-13-6-4-12(5-7-13)11-23-9-8-21-17(22)10-14-15(19)2-1-3-16(14)20/h1-7H,8-11H2,(H,21,22). The summed E-state index contributed by atoms with van der Waals surface area (Å²) < 4.78 is 13.6. The topological polar surface area (TPSA) is 29.1 Å². The molecular weight excluding hydrogens is 356 g/mol. The maximum Gasteiger partial charge on any atom is 0.224 e. The van der Waals surface area contributed by atoms with Crippen LogP contribution in [0.15, 0.2) is 42.5 Å². The first kappa shape index (κ1) is 18.1. The number of rotatable bonds is 7. The van der Waals surface area contributed by atoms with Crippen molar-refractivity contribution in [3.8, 4) is 0 Å². The summed E-state index contributed by atoms with van der Waals surface area (Å²) in [7, 11) is 0. The average molecular weight is 372 g/mol. The van der Waals surface area contributed by atoms with Gasteiger partial charge in [-0.2, -0.15) is 11.8 Å². The van der Waals surface area contributed by atoms with Crippen LogP contribution in [0.25, 0.3) is 0 Å². The molecule has 0 aromatic heterocycles. The van der Waals surface area contributed by atoms with Crippen molar-refractivity contribution in [1.29, 1.82) is 0 Å². The number of benzene rings is 2. The SMILES string of the molecule is O=C(Cc1c(F)cccc1Cl)NCCSCc1ccc(Cl)cc1. The zero-order chi connectivity index (χ0) is 16.7. The van der Waals surface area contributed by atoms with E-state index in [2.05, 4.69) is 5.32 Å². The largest absolute Gasteiger partial charge is 0.355 e. The number of carbonyl (C=O) groups is 1. The fourth-order valence-corrected chi connectivity index (χ4v) is 3.13. The van der Waals surface area contributed by atoms with Crippen LogP contribution in [0.1, 0.15) is 11.1 Å². The van der Waals surface area contributed by atoms with E-state index < -0.39 is 5.82 Å². The normalized spacial score (nSPS) is 10.6. The van der Waals surface area contributed by atoms with Crippen molar-refractivity contribution in [1.82, 2.24) is 5.32 Å². The third-order valence-electron chi connectivity index (χ3n) is 3.15. The van der Waals surface area contributed by atoms with Gasteiger partial charge in [-0.25, -0.2) is 4.39 Å². The van der Waals surface area contributed by atoms with E-state index in [9.17, 15) is 9.18 Å². The van der Waals surface area contributed by atoms with E-state index in [1.54, 1.807) is 17.8 Å². The third kappa shape index (κ3) is 6.05. The van der Waals surface area contributed by atoms with Crippen molar-refractivity contribution >= 4 is 40.9 Å². The van der Waals surface area contributed by atoms with Gasteiger partial charge in [0.2, 0.25) is 5.91 Å². The van der Waals surface area contributed by atoms with Gasteiger partial charge in [0.25, 0.3) is 0 Å². The Morgan fingerprint density at radius 1 is 1.13 bits per heavy atom. The molecule has 23 heavy (non-hydrogen) atoms. The van der Waals surface area contributed by atoms with Gasteiger partial charge in [-0.3, -0.25) is 4.79 Å². The Hall–Kier alpha value is -1.23. The van der Waals surface area contributed by atoms with Gasteiger partial charge in [-0.1, -0.05) is 41.4 Å². The molecule has 0 radical (unpaired) electrons. The Morgan fingerprint density at radius 2 is 1.87 bits per heavy atom. The number of nitrogens with one attached hydrogen (secondary N) is 1. The highest BCUT2D eigenvalue weighted by Crippen LogP contribution is 2.19. The van der Waals surface area contributed by atoms with Crippen molar-refractivity contribution in [2.45, 2.75) is 12.2 Å². The Bertz CT molecular complexity index is 644. The number of amides is 1. The lowest BCUT2D eigenvalue weighted by Crippen LogP contribution is -2.27. The van der Waals surface area contributed by atoms with Gasteiger partial charge in [0.05, 0.1) is 6.42 Å². The van der Waals surface area contributed by atoms with E-state index in [-0.39, 0.29) is 22.9 Å². The quantitative estimate of drug-likeness (QED) is 0.713. The first-order chi connectivity index (χ1) is 11.1. The molecule has 2 rings (SSSR count). The second-order valence-corrected chi connectivity index (χ2v) is 6.85. The number of halogens is 3. The Balaban J connectivity index is 1.68. The fourth-order valence-electron chi connectivity index (χ4n) is 1.96. The monoisotopic (exact) mass is 371 g/mol. The van der Waals surface area contributed by atoms with Crippen LogP contribution in [-0.2, 0) is 17.0 Å². The minimum absolute atomic E-state index is 0.0483. The maximum atomic E-state index is 13.6. The molecule has 0 unspecified atom stereocenters. The number of thioether (sulfide) groups is 1. The van der Waals surface area contributed by atoms with Crippen molar-refractivity contribution in [2.75, 3.05) is 12.3 Å². The van der Waals surface area contributed by atoms with E-state index in [0.29, 0.717) is 6.54 Å². The summed E-state index contributed by atoms with van der Waals surface area (Å²) in [6.45, 7) is 0.531. The highest BCUT2D eigenvalue weighted by molar-refractivity contribution is 7.98. The Kier molecular flexibility index (Phi) is 7.21. The molecule has 2 nitrogen and oxygen atoms in total. The predicted molar refractivity (Wildman–Crippen MR) is 95.7 cm³/mol. The second kappa shape index (κ2) is 9.16. The summed E-state index contributed by atoms with van der Waals surface area (Å²) in [5.41, 5.74) is 1.42. The summed E-state index contributed by atoms with van der Waals surface area (Å²) in [4.78, 5) is 11.8. The predicted octanol–water partition coefficient (Wildman–Crippen LogP) is 4.72. The molecule has 0 aliphatic heterocycles. The molecule has 0 saturated heterocycles. The first-order valence-electron chi connectivity index (χ1n) is 7.08. The van der Waals surface area contributed by atoms with Gasteiger partial charge in [0.1, 0.15) is 5.82 Å². The zero-order valence-corrected chi connectivity index (χ0v) is 14.6. The van der Waals surface area contributed by atoms with Crippen molar-refractivity contribution < 1.29 is 9.18 Å². The minimum Gasteiger partial charge on any atom is -0.355 e. The van der Waals surface area contributed by atoms with Crippen LogP contribution in [0.3, 0.4) is 0 Å². The van der Waals surface area contributed by atoms with Crippen molar-refractivity contribution in [2.24, 2.45) is 0 Å². The second-order valence-electron chi connectivity index (χ2n) is 4.91. The molecule has 0 aliphatic carbocycles. The molecule has 2 aromatic rings. The molecule has 1 N–H and O–H groups in total. The van der Waals surface area contributed by atoms with Crippen LogP contribution in [0.2, 0.25) is 10.0 Å². The van der Waals surface area contributed by atoms with Crippen LogP contribution >= 0.6 is 35.0 Å². The van der Waals surface area contributed by atoms with E-state index >= 15 is 0 Å². The van der Waals surface area contributed by atoms with Crippen molar-refractivity contribution in [3.05, 3.63) is 69.5 Å². The summed E-state index contributed by atoms with van der Waals surface area (Å²) in [6, 6.07) is 12.1. The van der Waals surface area contributed by atoms with Gasteiger partial charge in [-0.05, 0) is 29.8 Å². The van der Waals surface area contributed by atoms with E-state index in [1.807, 2.05) is 24.3 Å². The lowest BCUT2D eigenvalue weighted by atomic mass is 10.1. The highest BCUT2D eigenvalue weighted by atomic mass is 35.5. The first-order valence-corrected chi connectivity index (χ1v) is 8.99. The maximum absolute atomic E-state index is 13.6. The number of hydrogen-bond acceptors (Lipinski definition) is 2. The van der Waals surface area contributed by atoms with Gasteiger partial charge >= 0.3 is 0 Å². The molecule has 0 atom stereocenters. The summed E-state index contributed by atoms with van der Waals surface area (Å²) in [5, 5.41) is 3.77. The van der Waals surface area contributed by atoms with Gasteiger partial charge in [0.15, 0.2) is 0 Å². The van der Waals surface area contributed by atoms with Crippen LogP contribution in [0.4, 0.5) is 4.39 Å². The molecule has 0 heterocycles. The molecule has 6 heteroatoms. The third-order valence-corrected chi connectivity index (χ3v) is 4.79. The van der Waals surface area contributed by atoms with Gasteiger partial charge in [0, 0.05) is 33.7 Å². The van der Waals surface area contributed by atoms with Crippen LogP contribution in [0, 0.1) is 5.82 Å². The fraction of sp³-hybridized carbons (Fsp3) is 0.235. The molecule has 2 aromatic carbocycles. The van der Waals surface area contributed by atoms with E-state index in [1.165, 1.54) is 17.7 Å². The molecule has 0 bridgehead atoms. The minimum atomic E-state index is -0.454. The van der Waals surface area contributed by atoms with E-state index in [0.717, 1.165) is 16.5 Å². The number of carbonyl (C=O) groups excluding carboxylic acids is 1. The number of hydrogen-bond donors (Lipinski definition) is 1. The summed E-state index contributed by atoms with van der Waals surface area (Å²) in [5.74, 6) is 0.944. The molecule has 0 aliphatic rings. The van der Waals surface area contributed by atoms with Crippen LogP contribution < -0.4 is 5.32 Å². The smallest absolute Gasteiger partial charge is 0.224 e. The lowest BCUT2D eigenvalue weighted by molar-refractivity contribution is -0.120. The Morgan fingerprint density at radius 3 is 2.57 bits per heavy atom. The Labute approximate surface area is 149 Å². The highest BCUT2D eigenvalue weighted by Gasteiger charge is 2.11. The van der Waals surface area contributed by atoms with Crippen LogP contribution in [-0.4, -0.2) is 18.2 Å². The molecule has 0 saturated carbocycles. The average Bonchev–Trinajstić information content (AvgIpc) is 2.52. The molecule has 1 amide bonds. The van der Waals surface area contributed by atoms with E-state index in [4.69, 9.17) is 23.2 Å². The molecule has 122 valence electrons. The van der Waals surface area contributed by atoms with Crippen molar-refractivity contribution in [3.63, 3.8) is 0 Å². The lowest BCUT2D eigenvalue weighted by Gasteiger charge is -2.07. The summed E-state index contributed by atoms with van der Waals surface area (Å²) >= 11 is 13.4. The van der Waals surface area contributed by atoms with Crippen LogP contribution in [0.5, 0.6) is 0 Å². The van der Waals surface area contributed by atoms with Gasteiger partial charge < -0.3 is 5.32 Å². The molecule has 0 spiro atoms. The zero-order valence-electron chi connectivity index (χ0n) is 12.3. The molecule has 0 fully saturated rings. The summed E-state index contributed by atoms with van der Waals surface area (Å²) in [6.07, 6.45) is -0.0483. The van der Waals surface area contributed by atoms with Gasteiger partial charge in [-0.15, -0.1) is 0 Å².